The molecule has 2 aromatic rings. The minimum atomic E-state index is -5.08. The smallest absolute Gasteiger partial charge is 0.475 e. The van der Waals surface area contributed by atoms with Gasteiger partial charge >= 0.3 is 18.1 Å². The van der Waals surface area contributed by atoms with E-state index in [4.69, 9.17) is 15.7 Å². The van der Waals surface area contributed by atoms with Crippen molar-refractivity contribution < 1.29 is 50.6 Å². The molecule has 0 aliphatic carbocycles. The van der Waals surface area contributed by atoms with Crippen LogP contribution in [0.4, 0.5) is 18.9 Å². The highest BCUT2D eigenvalue weighted by Crippen LogP contribution is 2.14. The van der Waals surface area contributed by atoms with Crippen molar-refractivity contribution in [3.8, 4) is 0 Å². The molecule has 0 heterocycles. The maximum absolute atomic E-state index is 12.5. The number of benzene rings is 2. The van der Waals surface area contributed by atoms with E-state index in [1.54, 1.807) is 30.3 Å². The van der Waals surface area contributed by atoms with Crippen molar-refractivity contribution in [2.24, 2.45) is 10.8 Å². The number of alkyl halides is 3. The van der Waals surface area contributed by atoms with Crippen molar-refractivity contribution in [2.45, 2.75) is 30.5 Å². The number of carbonyl (C=O) groups is 4. The topological polar surface area (TPSA) is 218 Å². The summed E-state index contributed by atoms with van der Waals surface area (Å²) in [4.78, 5) is 49.5. The molecule has 0 aliphatic rings. The molecule has 2 rings (SSSR count). The van der Waals surface area contributed by atoms with E-state index in [1.165, 1.54) is 31.6 Å². The Labute approximate surface area is 238 Å². The Kier molecular flexibility index (Phi) is 14.1. The first-order valence-corrected chi connectivity index (χ1v) is 13.2. The van der Waals surface area contributed by atoms with Crippen molar-refractivity contribution in [1.29, 1.82) is 0 Å². The number of carbonyl (C=O) groups excluding carboxylic acids is 3. The predicted molar refractivity (Wildman–Crippen MR) is 143 cm³/mol. The van der Waals surface area contributed by atoms with Crippen LogP contribution in [0.15, 0.2) is 58.4 Å². The van der Waals surface area contributed by atoms with Crippen molar-refractivity contribution in [3.63, 3.8) is 0 Å². The second kappa shape index (κ2) is 16.7. The van der Waals surface area contributed by atoms with Gasteiger partial charge in [0.2, 0.25) is 15.9 Å². The van der Waals surface area contributed by atoms with Crippen LogP contribution in [0, 0.1) is 6.92 Å². The molecule has 230 valence electrons. The van der Waals surface area contributed by atoms with Crippen LogP contribution in [-0.2, 0) is 29.1 Å². The lowest BCUT2D eigenvalue weighted by molar-refractivity contribution is -0.192. The molecule has 0 spiro atoms. The zero-order valence-corrected chi connectivity index (χ0v) is 23.1. The maximum atomic E-state index is 12.5. The Morgan fingerprint density at radius 3 is 2.29 bits per heavy atom. The number of nitrogens with two attached hydrogens (primary N) is 1. The van der Waals surface area contributed by atoms with Crippen LogP contribution in [0.3, 0.4) is 0 Å². The lowest BCUT2D eigenvalue weighted by atomic mass is 10.2. The third-order valence-electron chi connectivity index (χ3n) is 4.91. The molecule has 1 atom stereocenters. The molecule has 18 heteroatoms. The molecule has 2 aromatic carbocycles. The van der Waals surface area contributed by atoms with Crippen molar-refractivity contribution in [3.05, 3.63) is 59.7 Å². The standard InChI is InChI=1S/C22H28N6O6S.C2HF3O2/c1-15-6-8-19(9-7-15)35(32,33)27-12-18(11-21(30)34-2)28-20(29)13-24-22(31)16-4-3-5-17(10-16)25-14-26-23;3-2(4,5)1(6)7/h3-10,14,18,27H,11-13,23H2,1-2H3,(H,24,31)(H,25,26)(H,28,29);(H,6,7). The average molecular weight is 619 g/mol. The van der Waals surface area contributed by atoms with Crippen LogP contribution in [0.1, 0.15) is 22.3 Å². The van der Waals surface area contributed by atoms with E-state index >= 15 is 0 Å². The Bertz CT molecular complexity index is 1370. The predicted octanol–water partition coefficient (Wildman–Crippen LogP) is 0.508. The second-order valence-electron chi connectivity index (χ2n) is 8.17. The van der Waals surface area contributed by atoms with Gasteiger partial charge in [-0.05, 0) is 37.3 Å². The SMILES string of the molecule is COC(=O)CC(CNS(=O)(=O)c1ccc(C)cc1)NC(=O)CNC(=O)c1cccc(N=CNN)c1.O=C(O)C(F)(F)F. The van der Waals surface area contributed by atoms with Gasteiger partial charge in [-0.15, -0.1) is 0 Å². The highest BCUT2D eigenvalue weighted by Gasteiger charge is 2.38. The number of esters is 1. The molecule has 0 fully saturated rings. The van der Waals surface area contributed by atoms with E-state index in [0.29, 0.717) is 5.69 Å². The van der Waals surface area contributed by atoms with Crippen molar-refractivity contribution in [1.82, 2.24) is 20.8 Å². The number of aliphatic carboxylic acids is 1. The number of sulfonamides is 1. The van der Waals surface area contributed by atoms with Crippen LogP contribution < -0.4 is 26.6 Å². The van der Waals surface area contributed by atoms with Gasteiger partial charge < -0.3 is 25.9 Å². The number of ether oxygens (including phenoxy) is 1. The molecule has 0 radical (unpaired) electrons. The molecule has 1 unspecified atom stereocenters. The normalized spacial score (nSPS) is 12.0. The van der Waals surface area contributed by atoms with E-state index in [0.717, 1.165) is 5.56 Å². The van der Waals surface area contributed by atoms with Crippen LogP contribution >= 0.6 is 0 Å². The summed E-state index contributed by atoms with van der Waals surface area (Å²) in [7, 11) is -2.69. The number of aliphatic imine (C=N–C) groups is 1. The van der Waals surface area contributed by atoms with Gasteiger partial charge in [0.1, 0.15) is 6.34 Å². The third kappa shape index (κ3) is 13.2. The highest BCUT2D eigenvalue weighted by molar-refractivity contribution is 7.89. The number of amides is 2. The summed E-state index contributed by atoms with van der Waals surface area (Å²) in [6.07, 6.45) is -4.11. The molecular weight excluding hydrogens is 589 g/mol. The molecule has 0 aliphatic heterocycles. The van der Waals surface area contributed by atoms with Crippen LogP contribution in [0.25, 0.3) is 0 Å². The maximum Gasteiger partial charge on any atom is 0.490 e. The van der Waals surface area contributed by atoms with Gasteiger partial charge in [0.25, 0.3) is 5.91 Å². The van der Waals surface area contributed by atoms with Crippen molar-refractivity contribution in [2.75, 3.05) is 20.2 Å². The van der Waals surface area contributed by atoms with Gasteiger partial charge in [0, 0.05) is 12.1 Å². The average Bonchev–Trinajstić information content (AvgIpc) is 2.93. The zero-order valence-electron chi connectivity index (χ0n) is 22.3. The number of carboxylic acid groups (broad SMARTS) is 1. The molecule has 0 aromatic heterocycles. The molecule has 0 saturated heterocycles. The first-order valence-electron chi connectivity index (χ1n) is 11.7. The molecule has 2 amide bonds. The number of aryl methyl sites for hydroxylation is 1. The van der Waals surface area contributed by atoms with Gasteiger partial charge in [-0.2, -0.15) is 13.2 Å². The number of hydrogen-bond donors (Lipinski definition) is 6. The summed E-state index contributed by atoms with van der Waals surface area (Å²) < 4.78 is 63.8. The molecule has 7 N–H and O–H groups in total. The number of hydrazine groups is 1. The number of rotatable bonds is 12. The van der Waals surface area contributed by atoms with E-state index < -0.39 is 52.5 Å². The minimum absolute atomic E-state index is 0.0484. The third-order valence-corrected chi connectivity index (χ3v) is 6.34. The molecule has 42 heavy (non-hydrogen) atoms. The molecule has 14 nitrogen and oxygen atoms in total. The number of halogens is 3. The first-order chi connectivity index (χ1) is 19.6. The fourth-order valence-electron chi connectivity index (χ4n) is 2.85. The number of nitrogens with one attached hydrogen (secondary N) is 4. The van der Waals surface area contributed by atoms with Gasteiger partial charge in [0.05, 0.1) is 36.7 Å². The number of carboxylic acids is 1. The largest absolute Gasteiger partial charge is 0.490 e. The summed E-state index contributed by atoms with van der Waals surface area (Å²) in [5.41, 5.74) is 3.88. The van der Waals surface area contributed by atoms with Gasteiger partial charge in [-0.1, -0.05) is 23.8 Å². The Hall–Kier alpha value is -4.55. The fourth-order valence-corrected chi connectivity index (χ4v) is 3.93. The summed E-state index contributed by atoms with van der Waals surface area (Å²) in [5.74, 6) is 0.579. The van der Waals surface area contributed by atoms with Crippen LogP contribution in [-0.4, -0.2) is 76.0 Å². The number of methoxy groups -OCH3 is 1. The summed E-state index contributed by atoms with van der Waals surface area (Å²) in [5, 5.41) is 12.1. The Balaban J connectivity index is 0.00000112. The quantitative estimate of drug-likeness (QED) is 0.0636. The zero-order chi connectivity index (χ0) is 31.9. The van der Waals surface area contributed by atoms with Gasteiger partial charge in [-0.3, -0.25) is 14.4 Å². The monoisotopic (exact) mass is 618 g/mol. The first kappa shape index (κ1) is 35.5. The Morgan fingerprint density at radius 2 is 1.74 bits per heavy atom. The van der Waals surface area contributed by atoms with E-state index in [-0.39, 0.29) is 23.4 Å². The summed E-state index contributed by atoms with van der Waals surface area (Å²) in [6.45, 7) is 1.16. The van der Waals surface area contributed by atoms with E-state index in [9.17, 15) is 36.0 Å². The van der Waals surface area contributed by atoms with Crippen molar-refractivity contribution >= 4 is 45.8 Å². The summed E-state index contributed by atoms with van der Waals surface area (Å²) in [6, 6.07) is 11.6. The van der Waals surface area contributed by atoms with Gasteiger partial charge in [0.15, 0.2) is 0 Å². The fraction of sp³-hybridized carbons (Fsp3) is 0.292. The Morgan fingerprint density at radius 1 is 1.12 bits per heavy atom. The number of nitrogens with zero attached hydrogens (tertiary/aromatic N) is 1. The minimum Gasteiger partial charge on any atom is -0.475 e. The lowest BCUT2D eigenvalue weighted by Crippen LogP contribution is -2.48. The summed E-state index contributed by atoms with van der Waals surface area (Å²) >= 11 is 0. The lowest BCUT2D eigenvalue weighted by Gasteiger charge is -2.19. The van der Waals surface area contributed by atoms with Crippen LogP contribution in [0.2, 0.25) is 0 Å². The highest BCUT2D eigenvalue weighted by atomic mass is 32.2. The molecule has 0 bridgehead atoms. The van der Waals surface area contributed by atoms with E-state index in [1.807, 2.05) is 6.92 Å². The molecular formula is C24H29F3N6O8S. The van der Waals surface area contributed by atoms with Crippen LogP contribution in [0.5, 0.6) is 0 Å². The molecule has 0 saturated carbocycles. The van der Waals surface area contributed by atoms with E-state index in [2.05, 4.69) is 30.5 Å². The second-order valence-corrected chi connectivity index (χ2v) is 9.94. The van der Waals surface area contributed by atoms with Gasteiger partial charge in [-0.25, -0.2) is 28.8 Å². The number of hydrogen-bond acceptors (Lipinski definition) is 9.